The lowest BCUT2D eigenvalue weighted by atomic mass is 9.82. The monoisotopic (exact) mass is 588 g/mol. The minimum atomic E-state index is -0.302. The van der Waals surface area contributed by atoms with Crippen LogP contribution in [-0.4, -0.2) is 17.5 Å². The van der Waals surface area contributed by atoms with E-state index in [1.807, 2.05) is 36.4 Å². The van der Waals surface area contributed by atoms with Gasteiger partial charge in [-0.2, -0.15) is 0 Å². The fraction of sp³-hybridized carbons (Fsp3) is 0.0357. The summed E-state index contributed by atoms with van der Waals surface area (Å²) in [5.74, 6) is -0.853. The minimum Gasteiger partial charge on any atom is -0.355 e. The van der Waals surface area contributed by atoms with Crippen molar-refractivity contribution in [3.63, 3.8) is 0 Å². The Balaban J connectivity index is 1.76. The fourth-order valence-electron chi connectivity index (χ4n) is 4.32. The molecule has 0 aliphatic heterocycles. The molecule has 0 saturated heterocycles. The topological polar surface area (TPSA) is 66.5 Å². The Morgan fingerprint density at radius 2 is 1.37 bits per heavy atom. The minimum absolute atomic E-state index is 0.198. The highest BCUT2D eigenvalue weighted by atomic mass is 79.9. The van der Waals surface area contributed by atoms with E-state index in [4.69, 9.17) is 0 Å². The van der Waals surface area contributed by atoms with Gasteiger partial charge in [0.2, 0.25) is 5.91 Å². The zero-order valence-corrected chi connectivity index (χ0v) is 21.7. The summed E-state index contributed by atoms with van der Waals surface area (Å²) in [4.78, 5) is 41.9. The number of carbonyl (C=O) groups excluding carboxylic acids is 3. The molecule has 0 spiro atoms. The molecule has 4 aromatic carbocycles. The third kappa shape index (κ3) is 4.22. The first-order chi connectivity index (χ1) is 16.8. The average molecular weight is 590 g/mol. The molecule has 4 aromatic rings. The number of nitrogens with one attached hydrogen (secondary N) is 1. The van der Waals surface area contributed by atoms with E-state index < -0.39 is 0 Å². The molecular weight excluding hydrogens is 572 g/mol. The average Bonchev–Trinajstić information content (AvgIpc) is 2.83. The second-order valence-electron chi connectivity index (χ2n) is 8.06. The lowest BCUT2D eigenvalue weighted by Gasteiger charge is -2.29. The summed E-state index contributed by atoms with van der Waals surface area (Å²) in [6, 6.07) is 25.0. The zero-order chi connectivity index (χ0) is 24.7. The highest BCUT2D eigenvalue weighted by Crippen LogP contribution is 2.41. The van der Waals surface area contributed by atoms with Crippen LogP contribution in [0.15, 0.2) is 93.9 Å². The van der Waals surface area contributed by atoms with E-state index in [-0.39, 0.29) is 28.6 Å². The maximum Gasteiger partial charge on any atom is 0.228 e. The molecule has 1 aliphatic rings. The molecule has 172 valence electrons. The van der Waals surface area contributed by atoms with Crippen molar-refractivity contribution in [2.45, 2.75) is 6.92 Å². The van der Waals surface area contributed by atoms with Crippen LogP contribution in [-0.2, 0) is 4.79 Å². The number of fused-ring (bicyclic) bond motifs is 2. The zero-order valence-electron chi connectivity index (χ0n) is 18.5. The lowest BCUT2D eigenvalue weighted by molar-refractivity contribution is -0.115. The Morgan fingerprint density at radius 3 is 2.00 bits per heavy atom. The number of carbonyl (C=O) groups is 3. The van der Waals surface area contributed by atoms with Gasteiger partial charge in [0, 0.05) is 32.7 Å². The summed E-state index contributed by atoms with van der Waals surface area (Å²) in [6.07, 6.45) is 0. The van der Waals surface area contributed by atoms with Gasteiger partial charge in [0.15, 0.2) is 11.6 Å². The van der Waals surface area contributed by atoms with Crippen molar-refractivity contribution in [2.75, 3.05) is 10.2 Å². The van der Waals surface area contributed by atoms with E-state index in [9.17, 15) is 14.4 Å². The van der Waals surface area contributed by atoms with Gasteiger partial charge < -0.3 is 5.32 Å². The Bertz CT molecular complexity index is 1530. The number of nitrogens with zero attached hydrogens (tertiary/aromatic N) is 1. The quantitative estimate of drug-likeness (QED) is 0.237. The molecule has 1 aliphatic carbocycles. The fourth-order valence-corrected chi connectivity index (χ4v) is 5.11. The van der Waals surface area contributed by atoms with Gasteiger partial charge in [-0.25, -0.2) is 0 Å². The molecular formula is C28H18Br2N2O3. The van der Waals surface area contributed by atoms with Crippen molar-refractivity contribution in [1.29, 1.82) is 0 Å². The second-order valence-corrected chi connectivity index (χ2v) is 9.89. The molecule has 0 heterocycles. The van der Waals surface area contributed by atoms with Crippen LogP contribution in [0.5, 0.6) is 0 Å². The van der Waals surface area contributed by atoms with Crippen molar-refractivity contribution in [2.24, 2.45) is 0 Å². The number of anilines is 4. The summed E-state index contributed by atoms with van der Waals surface area (Å²) in [6.45, 7) is 1.43. The van der Waals surface area contributed by atoms with Gasteiger partial charge in [-0.15, -0.1) is 0 Å². The largest absolute Gasteiger partial charge is 0.355 e. The molecule has 0 aromatic heterocycles. The van der Waals surface area contributed by atoms with Crippen molar-refractivity contribution < 1.29 is 14.4 Å². The van der Waals surface area contributed by atoms with Crippen molar-refractivity contribution in [1.82, 2.24) is 0 Å². The van der Waals surface area contributed by atoms with Gasteiger partial charge in [-0.05, 0) is 48.5 Å². The summed E-state index contributed by atoms with van der Waals surface area (Å²) in [5.41, 5.74) is 3.30. The third-order valence-electron chi connectivity index (χ3n) is 5.78. The number of amides is 1. The second kappa shape index (κ2) is 9.24. The molecule has 7 heteroatoms. The van der Waals surface area contributed by atoms with E-state index in [2.05, 4.69) is 37.2 Å². The van der Waals surface area contributed by atoms with Gasteiger partial charge in [-0.1, -0.05) is 68.3 Å². The molecule has 0 bridgehead atoms. The first kappa shape index (κ1) is 23.2. The maximum atomic E-state index is 13.8. The van der Waals surface area contributed by atoms with E-state index in [0.717, 1.165) is 14.6 Å². The first-order valence-corrected chi connectivity index (χ1v) is 12.4. The maximum absolute atomic E-state index is 13.8. The Hall–Kier alpha value is -3.55. The van der Waals surface area contributed by atoms with E-state index in [1.165, 1.54) is 11.8 Å². The summed E-state index contributed by atoms with van der Waals surface area (Å²) in [5, 5.41) is 3.28. The number of hydrogen-bond donors (Lipinski definition) is 1. The van der Waals surface area contributed by atoms with Crippen LogP contribution in [0.1, 0.15) is 38.8 Å². The van der Waals surface area contributed by atoms with Crippen LogP contribution in [0.4, 0.5) is 22.7 Å². The molecule has 5 rings (SSSR count). The van der Waals surface area contributed by atoms with Crippen LogP contribution in [0.25, 0.3) is 0 Å². The highest BCUT2D eigenvalue weighted by molar-refractivity contribution is 9.10. The third-order valence-corrected chi connectivity index (χ3v) is 6.77. The molecule has 1 N–H and O–H groups in total. The summed E-state index contributed by atoms with van der Waals surface area (Å²) in [7, 11) is 0. The number of benzene rings is 4. The first-order valence-electron chi connectivity index (χ1n) is 10.8. The molecule has 35 heavy (non-hydrogen) atoms. The molecule has 0 unspecified atom stereocenters. The lowest BCUT2D eigenvalue weighted by Crippen LogP contribution is -2.29. The van der Waals surface area contributed by atoms with Gasteiger partial charge >= 0.3 is 0 Å². The van der Waals surface area contributed by atoms with Crippen molar-refractivity contribution in [3.05, 3.63) is 116 Å². The SMILES string of the molecule is CC(=O)N(c1cccc(Br)c1)c1ccc(Nc2cccc(Br)c2)c2c1C(=O)c1ccccc1C2=O. The number of halogens is 2. The van der Waals surface area contributed by atoms with Crippen molar-refractivity contribution in [3.8, 4) is 0 Å². The molecule has 0 atom stereocenters. The van der Waals surface area contributed by atoms with Crippen LogP contribution in [0, 0.1) is 0 Å². The van der Waals surface area contributed by atoms with Gasteiger partial charge in [-0.3, -0.25) is 19.3 Å². The summed E-state index contributed by atoms with van der Waals surface area (Å²) >= 11 is 6.91. The van der Waals surface area contributed by atoms with Gasteiger partial charge in [0.1, 0.15) is 0 Å². The number of rotatable bonds is 4. The predicted molar refractivity (Wildman–Crippen MR) is 144 cm³/mol. The van der Waals surface area contributed by atoms with Crippen LogP contribution in [0.3, 0.4) is 0 Å². The Morgan fingerprint density at radius 1 is 0.743 bits per heavy atom. The van der Waals surface area contributed by atoms with Crippen LogP contribution >= 0.6 is 31.9 Å². The number of hydrogen-bond acceptors (Lipinski definition) is 4. The van der Waals surface area contributed by atoms with Crippen LogP contribution < -0.4 is 10.2 Å². The van der Waals surface area contributed by atoms with E-state index in [0.29, 0.717) is 28.2 Å². The van der Waals surface area contributed by atoms with Gasteiger partial charge in [0.05, 0.1) is 28.2 Å². The van der Waals surface area contributed by atoms with Crippen molar-refractivity contribution >= 4 is 72.1 Å². The van der Waals surface area contributed by atoms with E-state index in [1.54, 1.807) is 48.5 Å². The van der Waals surface area contributed by atoms with Gasteiger partial charge in [0.25, 0.3) is 0 Å². The predicted octanol–water partition coefficient (Wildman–Crippen LogP) is 7.42. The number of ketones is 2. The molecule has 5 nitrogen and oxygen atoms in total. The molecule has 0 radical (unpaired) electrons. The molecule has 0 fully saturated rings. The smallest absolute Gasteiger partial charge is 0.228 e. The van der Waals surface area contributed by atoms with E-state index >= 15 is 0 Å². The molecule has 1 amide bonds. The normalized spacial score (nSPS) is 12.1. The highest BCUT2D eigenvalue weighted by Gasteiger charge is 2.36. The Labute approximate surface area is 219 Å². The van der Waals surface area contributed by atoms with Crippen LogP contribution in [0.2, 0.25) is 0 Å². The summed E-state index contributed by atoms with van der Waals surface area (Å²) < 4.78 is 1.66. The molecule has 0 saturated carbocycles. The Kier molecular flexibility index (Phi) is 6.13. The standard InChI is InChI=1S/C28H18Br2N2O3/c1-16(33)32(20-9-5-7-18(30)15-20)24-13-12-23(31-19-8-4-6-17(29)14-19)25-26(24)28(35)22-11-3-2-10-21(22)27(25)34/h2-15,31H,1H3.